The minimum Gasteiger partial charge on any atom is -0.493 e. The Labute approximate surface area is 180 Å². The first kappa shape index (κ1) is 24.6. The van der Waals surface area contributed by atoms with Gasteiger partial charge in [0.2, 0.25) is 0 Å². The highest BCUT2D eigenvalue weighted by Gasteiger charge is 2.30. The van der Waals surface area contributed by atoms with Crippen LogP contribution in [0.5, 0.6) is 11.5 Å². The van der Waals surface area contributed by atoms with Crippen LogP contribution in [-0.4, -0.2) is 51.7 Å². The van der Waals surface area contributed by atoms with Gasteiger partial charge in [-0.15, -0.1) is 24.0 Å². The number of nitrogens with zero attached hydrogens (tertiary/aromatic N) is 1. The van der Waals surface area contributed by atoms with Gasteiger partial charge in [-0.05, 0) is 37.5 Å². The monoisotopic (exact) mass is 517 g/mol. The summed E-state index contributed by atoms with van der Waals surface area (Å²) in [6.45, 7) is 2.53. The molecule has 0 amide bonds. The molecule has 1 fully saturated rings. The maximum atomic E-state index is 12.3. The lowest BCUT2D eigenvalue weighted by Gasteiger charge is -2.24. The standard InChI is InChI=1S/C18H26F3N3O3.HI/c1-17(7-4-8-27-17)11-24-16(22-2)23-10-13-5-6-14(15(9-13)25-3)26-12-18(19,20)21;/h5-6,9H,4,7-8,10-12H2,1-3H3,(H2,22,23,24);1H. The van der Waals surface area contributed by atoms with E-state index in [1.807, 2.05) is 0 Å². The first-order valence-corrected chi connectivity index (χ1v) is 8.70. The predicted octanol–water partition coefficient (Wildman–Crippen LogP) is 3.49. The van der Waals surface area contributed by atoms with Gasteiger partial charge in [-0.1, -0.05) is 6.07 Å². The SMILES string of the molecule is CN=C(NCc1ccc(OCC(F)(F)F)c(OC)c1)NCC1(C)CCCO1.I. The molecule has 0 spiro atoms. The molecule has 6 nitrogen and oxygen atoms in total. The molecule has 0 saturated carbocycles. The highest BCUT2D eigenvalue weighted by Crippen LogP contribution is 2.29. The number of methoxy groups -OCH3 is 1. The quantitative estimate of drug-likeness (QED) is 0.330. The van der Waals surface area contributed by atoms with Crippen LogP contribution >= 0.6 is 24.0 Å². The van der Waals surface area contributed by atoms with Crippen molar-refractivity contribution in [2.45, 2.75) is 38.1 Å². The number of ether oxygens (including phenoxy) is 3. The molecule has 1 aromatic carbocycles. The molecule has 0 bridgehead atoms. The Kier molecular flexibility index (Phi) is 9.61. The van der Waals surface area contributed by atoms with Crippen LogP contribution in [0.4, 0.5) is 13.2 Å². The van der Waals surface area contributed by atoms with Crippen molar-refractivity contribution in [3.63, 3.8) is 0 Å². The van der Waals surface area contributed by atoms with E-state index in [2.05, 4.69) is 22.5 Å². The van der Waals surface area contributed by atoms with E-state index in [-0.39, 0.29) is 41.1 Å². The summed E-state index contributed by atoms with van der Waals surface area (Å²) in [5.41, 5.74) is 0.621. The third kappa shape index (κ3) is 7.90. The Morgan fingerprint density at radius 2 is 2.04 bits per heavy atom. The summed E-state index contributed by atoms with van der Waals surface area (Å²) < 4.78 is 52.6. The van der Waals surface area contributed by atoms with Gasteiger partial charge in [0.1, 0.15) is 0 Å². The highest BCUT2D eigenvalue weighted by molar-refractivity contribution is 14.0. The molecule has 0 radical (unpaired) electrons. The summed E-state index contributed by atoms with van der Waals surface area (Å²) in [6, 6.07) is 4.77. The number of rotatable bonds is 7. The van der Waals surface area contributed by atoms with Gasteiger partial charge in [0.25, 0.3) is 0 Å². The molecule has 10 heteroatoms. The van der Waals surface area contributed by atoms with Gasteiger partial charge < -0.3 is 24.8 Å². The topological polar surface area (TPSA) is 64.1 Å². The first-order valence-electron chi connectivity index (χ1n) is 8.70. The minimum atomic E-state index is -4.40. The summed E-state index contributed by atoms with van der Waals surface area (Å²) in [6.07, 6.45) is -2.36. The van der Waals surface area contributed by atoms with Crippen LogP contribution in [0.1, 0.15) is 25.3 Å². The van der Waals surface area contributed by atoms with E-state index in [9.17, 15) is 13.2 Å². The average molecular weight is 517 g/mol. The molecule has 1 atom stereocenters. The molecule has 2 N–H and O–H groups in total. The summed E-state index contributed by atoms with van der Waals surface area (Å²) >= 11 is 0. The third-order valence-electron chi connectivity index (χ3n) is 4.23. The van der Waals surface area contributed by atoms with E-state index in [1.165, 1.54) is 13.2 Å². The number of benzene rings is 1. The second-order valence-corrected chi connectivity index (χ2v) is 6.57. The number of halogens is 4. The van der Waals surface area contributed by atoms with Crippen molar-refractivity contribution in [1.82, 2.24) is 10.6 Å². The van der Waals surface area contributed by atoms with Crippen LogP contribution < -0.4 is 20.1 Å². The predicted molar refractivity (Wildman–Crippen MR) is 112 cm³/mol. The number of guanidine groups is 1. The van der Waals surface area contributed by atoms with Gasteiger partial charge in [0, 0.05) is 26.7 Å². The lowest BCUT2D eigenvalue weighted by molar-refractivity contribution is -0.153. The van der Waals surface area contributed by atoms with E-state index >= 15 is 0 Å². The van der Waals surface area contributed by atoms with Gasteiger partial charge in [0.05, 0.1) is 12.7 Å². The van der Waals surface area contributed by atoms with E-state index in [4.69, 9.17) is 14.2 Å². The van der Waals surface area contributed by atoms with Crippen LogP contribution in [0.2, 0.25) is 0 Å². The Morgan fingerprint density at radius 3 is 2.61 bits per heavy atom. The van der Waals surface area contributed by atoms with E-state index in [1.54, 1.807) is 19.2 Å². The summed E-state index contributed by atoms with van der Waals surface area (Å²) in [7, 11) is 3.05. The Bertz CT molecular complexity index is 651. The Hall–Kier alpha value is -1.43. The van der Waals surface area contributed by atoms with Crippen LogP contribution in [0.25, 0.3) is 0 Å². The molecule has 1 aliphatic rings. The molecule has 1 saturated heterocycles. The zero-order valence-electron chi connectivity index (χ0n) is 16.2. The average Bonchev–Trinajstić information content (AvgIpc) is 3.06. The lowest BCUT2D eigenvalue weighted by atomic mass is 10.0. The highest BCUT2D eigenvalue weighted by atomic mass is 127. The summed E-state index contributed by atoms with van der Waals surface area (Å²) in [5, 5.41) is 6.39. The zero-order valence-corrected chi connectivity index (χ0v) is 18.5. The number of alkyl halides is 3. The maximum absolute atomic E-state index is 12.3. The molecule has 28 heavy (non-hydrogen) atoms. The summed E-state index contributed by atoms with van der Waals surface area (Å²) in [5.74, 6) is 0.906. The molecular weight excluding hydrogens is 490 g/mol. The number of hydrogen-bond acceptors (Lipinski definition) is 4. The maximum Gasteiger partial charge on any atom is 0.422 e. The van der Waals surface area contributed by atoms with E-state index in [0.717, 1.165) is 25.0 Å². The van der Waals surface area contributed by atoms with Gasteiger partial charge in [-0.2, -0.15) is 13.2 Å². The van der Waals surface area contributed by atoms with Crippen LogP contribution in [-0.2, 0) is 11.3 Å². The zero-order chi connectivity index (χ0) is 19.9. The van der Waals surface area contributed by atoms with Crippen molar-refractivity contribution in [2.24, 2.45) is 4.99 Å². The summed E-state index contributed by atoms with van der Waals surface area (Å²) in [4.78, 5) is 4.17. The number of nitrogens with one attached hydrogen (secondary N) is 2. The largest absolute Gasteiger partial charge is 0.493 e. The van der Waals surface area contributed by atoms with E-state index < -0.39 is 12.8 Å². The third-order valence-corrected chi connectivity index (χ3v) is 4.23. The smallest absolute Gasteiger partial charge is 0.422 e. The molecular formula is C18H27F3IN3O3. The fourth-order valence-electron chi connectivity index (χ4n) is 2.75. The lowest BCUT2D eigenvalue weighted by Crippen LogP contribution is -2.45. The molecule has 160 valence electrons. The van der Waals surface area contributed by atoms with E-state index in [0.29, 0.717) is 19.0 Å². The van der Waals surface area contributed by atoms with Gasteiger partial charge in [-0.3, -0.25) is 4.99 Å². The normalized spacial score (nSPS) is 19.7. The van der Waals surface area contributed by atoms with Crippen LogP contribution in [0.3, 0.4) is 0 Å². The Morgan fingerprint density at radius 1 is 1.29 bits per heavy atom. The molecule has 1 aromatic rings. The van der Waals surface area contributed by atoms with Gasteiger partial charge in [0.15, 0.2) is 24.1 Å². The fourth-order valence-corrected chi connectivity index (χ4v) is 2.75. The number of aliphatic imine (C=N–C) groups is 1. The molecule has 0 aliphatic carbocycles. The minimum absolute atomic E-state index is 0. The first-order chi connectivity index (χ1) is 12.7. The van der Waals surface area contributed by atoms with Gasteiger partial charge in [-0.25, -0.2) is 0 Å². The van der Waals surface area contributed by atoms with Crippen molar-refractivity contribution < 1.29 is 27.4 Å². The molecule has 0 aromatic heterocycles. The van der Waals surface area contributed by atoms with Crippen LogP contribution in [0.15, 0.2) is 23.2 Å². The van der Waals surface area contributed by atoms with Crippen molar-refractivity contribution in [2.75, 3.05) is 33.9 Å². The van der Waals surface area contributed by atoms with Crippen molar-refractivity contribution in [3.8, 4) is 11.5 Å². The fraction of sp³-hybridized carbons (Fsp3) is 0.611. The second kappa shape index (κ2) is 10.9. The van der Waals surface area contributed by atoms with Crippen LogP contribution in [0, 0.1) is 0 Å². The van der Waals surface area contributed by atoms with Crippen molar-refractivity contribution in [3.05, 3.63) is 23.8 Å². The second-order valence-electron chi connectivity index (χ2n) is 6.57. The molecule has 1 unspecified atom stereocenters. The van der Waals surface area contributed by atoms with Crippen molar-refractivity contribution >= 4 is 29.9 Å². The molecule has 2 rings (SSSR count). The number of hydrogen-bond donors (Lipinski definition) is 2. The molecule has 1 aliphatic heterocycles. The Balaban J connectivity index is 0.00000392. The van der Waals surface area contributed by atoms with Gasteiger partial charge >= 0.3 is 6.18 Å². The molecule has 1 heterocycles. The van der Waals surface area contributed by atoms with Crippen molar-refractivity contribution in [1.29, 1.82) is 0 Å².